The van der Waals surface area contributed by atoms with Crippen molar-refractivity contribution in [2.45, 2.75) is 43.8 Å². The Kier molecular flexibility index (Phi) is 2.21. The molecule has 0 radical (unpaired) electrons. The second kappa shape index (κ2) is 3.57. The van der Waals surface area contributed by atoms with Crippen molar-refractivity contribution in [3.05, 3.63) is 11.6 Å². The van der Waals surface area contributed by atoms with Crippen LogP contribution in [0.4, 0.5) is 0 Å². The Morgan fingerprint density at radius 3 is 2.87 bits per heavy atom. The van der Waals surface area contributed by atoms with Crippen molar-refractivity contribution in [3.8, 4) is 0 Å². The molecular weight excluding hydrogens is 192 g/mol. The maximum atomic E-state index is 5.75. The Labute approximate surface area is 88.4 Å². The predicted molar refractivity (Wildman–Crippen MR) is 54.3 cm³/mol. The normalized spacial score (nSPS) is 31.0. The van der Waals surface area contributed by atoms with E-state index >= 15 is 0 Å². The van der Waals surface area contributed by atoms with Gasteiger partial charge in [0.2, 0.25) is 0 Å². The van der Waals surface area contributed by atoms with Crippen molar-refractivity contribution in [3.63, 3.8) is 0 Å². The van der Waals surface area contributed by atoms with Gasteiger partial charge in [-0.2, -0.15) is 5.10 Å². The fourth-order valence-electron chi connectivity index (χ4n) is 2.04. The van der Waals surface area contributed by atoms with Crippen LogP contribution in [0.15, 0.2) is 0 Å². The first kappa shape index (κ1) is 9.30. The van der Waals surface area contributed by atoms with Gasteiger partial charge in [0.05, 0.1) is 6.10 Å². The molecule has 1 aromatic heterocycles. The maximum Gasteiger partial charge on any atom is 0.153 e. The van der Waals surface area contributed by atoms with E-state index in [1.54, 1.807) is 0 Å². The van der Waals surface area contributed by atoms with Gasteiger partial charge in [-0.15, -0.1) is 0 Å². The van der Waals surface area contributed by atoms with E-state index < -0.39 is 0 Å². The van der Waals surface area contributed by atoms with E-state index in [2.05, 4.69) is 15.2 Å². The van der Waals surface area contributed by atoms with Crippen molar-refractivity contribution in [1.82, 2.24) is 15.2 Å². The molecule has 1 aromatic rings. The summed E-state index contributed by atoms with van der Waals surface area (Å²) in [6, 6.07) is 0. The van der Waals surface area contributed by atoms with E-state index in [9.17, 15) is 0 Å². The molecule has 0 spiro atoms. The summed E-state index contributed by atoms with van der Waals surface area (Å²) in [5, 5.41) is 7.21. The molecule has 1 aliphatic carbocycles. The maximum absolute atomic E-state index is 5.75. The van der Waals surface area contributed by atoms with Crippen molar-refractivity contribution in [2.75, 3.05) is 6.54 Å². The first-order valence-corrected chi connectivity index (χ1v) is 5.64. The molecule has 3 N–H and O–H groups in total. The lowest BCUT2D eigenvalue weighted by Crippen LogP contribution is -2.19. The Bertz CT molecular complexity index is 347. The first-order valence-electron chi connectivity index (χ1n) is 5.64. The average molecular weight is 208 g/mol. The molecule has 2 heterocycles. The van der Waals surface area contributed by atoms with Crippen molar-refractivity contribution in [2.24, 2.45) is 5.73 Å². The number of H-pyrrole nitrogens is 1. The van der Waals surface area contributed by atoms with Crippen LogP contribution in [0.2, 0.25) is 0 Å². The van der Waals surface area contributed by atoms with Crippen LogP contribution in [0.1, 0.15) is 49.4 Å². The molecule has 5 nitrogen and oxygen atoms in total. The van der Waals surface area contributed by atoms with Crippen LogP contribution in [0, 0.1) is 0 Å². The highest BCUT2D eigenvalue weighted by molar-refractivity contribution is 5.06. The summed E-state index contributed by atoms with van der Waals surface area (Å²) in [6.45, 7) is 0.597. The molecular formula is C10H16N4O. The molecule has 1 saturated heterocycles. The first-order chi connectivity index (χ1) is 7.36. The molecule has 2 aliphatic rings. The van der Waals surface area contributed by atoms with Gasteiger partial charge < -0.3 is 10.5 Å². The van der Waals surface area contributed by atoms with Crippen LogP contribution in [0.5, 0.6) is 0 Å². The standard InChI is InChI=1S/C10H16N4O/c11-5-7-3-4-8(15-7)10-12-9(13-14-10)6-1-2-6/h6-8H,1-5,11H2,(H,12,13,14)/t7-,8+/m1/s1. The summed E-state index contributed by atoms with van der Waals surface area (Å²) < 4.78 is 5.75. The second-order valence-electron chi connectivity index (χ2n) is 4.41. The Morgan fingerprint density at radius 2 is 2.20 bits per heavy atom. The molecule has 0 unspecified atom stereocenters. The van der Waals surface area contributed by atoms with Crippen molar-refractivity contribution in [1.29, 1.82) is 0 Å². The topological polar surface area (TPSA) is 76.8 Å². The fourth-order valence-corrected chi connectivity index (χ4v) is 2.04. The molecule has 0 amide bonds. The van der Waals surface area contributed by atoms with Gasteiger partial charge in [0, 0.05) is 12.5 Å². The van der Waals surface area contributed by atoms with Gasteiger partial charge in [0.25, 0.3) is 0 Å². The Morgan fingerprint density at radius 1 is 1.33 bits per heavy atom. The van der Waals surface area contributed by atoms with E-state index in [1.165, 1.54) is 12.8 Å². The molecule has 5 heteroatoms. The summed E-state index contributed by atoms with van der Waals surface area (Å²) in [6.07, 6.45) is 4.77. The molecule has 15 heavy (non-hydrogen) atoms. The summed E-state index contributed by atoms with van der Waals surface area (Å²) in [7, 11) is 0. The lowest BCUT2D eigenvalue weighted by atomic mass is 10.2. The third kappa shape index (κ3) is 1.77. The molecule has 0 aromatic carbocycles. The lowest BCUT2D eigenvalue weighted by molar-refractivity contribution is 0.0449. The highest BCUT2D eigenvalue weighted by atomic mass is 16.5. The molecule has 0 bridgehead atoms. The van der Waals surface area contributed by atoms with Gasteiger partial charge in [-0.1, -0.05) is 0 Å². The number of hydrogen-bond acceptors (Lipinski definition) is 4. The van der Waals surface area contributed by atoms with Crippen LogP contribution >= 0.6 is 0 Å². The predicted octanol–water partition coefficient (Wildman–Crippen LogP) is 0.861. The molecule has 1 saturated carbocycles. The van der Waals surface area contributed by atoms with Gasteiger partial charge in [-0.05, 0) is 25.7 Å². The molecule has 82 valence electrons. The minimum atomic E-state index is 0.0820. The number of nitrogens with two attached hydrogens (primary N) is 1. The summed E-state index contributed by atoms with van der Waals surface area (Å²) in [5.74, 6) is 2.44. The van der Waals surface area contributed by atoms with E-state index in [4.69, 9.17) is 10.5 Å². The van der Waals surface area contributed by atoms with Crippen LogP contribution < -0.4 is 5.73 Å². The number of nitrogens with one attached hydrogen (secondary N) is 1. The number of hydrogen-bond donors (Lipinski definition) is 2. The van der Waals surface area contributed by atoms with Gasteiger partial charge in [-0.25, -0.2) is 4.98 Å². The third-order valence-corrected chi connectivity index (χ3v) is 3.14. The summed E-state index contributed by atoms with van der Waals surface area (Å²) >= 11 is 0. The highest BCUT2D eigenvalue weighted by Crippen LogP contribution is 2.39. The SMILES string of the molecule is NC[C@H]1CC[C@@H](c2nc(C3CC3)n[nH]2)O1. The molecule has 2 atom stereocenters. The number of aromatic nitrogens is 3. The van der Waals surface area contributed by atoms with E-state index in [0.29, 0.717) is 12.5 Å². The second-order valence-corrected chi connectivity index (χ2v) is 4.41. The molecule has 1 aliphatic heterocycles. The zero-order valence-electron chi connectivity index (χ0n) is 8.65. The quantitative estimate of drug-likeness (QED) is 0.772. The number of rotatable bonds is 3. The minimum absolute atomic E-state index is 0.0820. The van der Waals surface area contributed by atoms with Crippen LogP contribution in [0.25, 0.3) is 0 Å². The van der Waals surface area contributed by atoms with E-state index in [1.807, 2.05) is 0 Å². The van der Waals surface area contributed by atoms with Gasteiger partial charge >= 0.3 is 0 Å². The number of aromatic amines is 1. The average Bonchev–Trinajstić information content (AvgIpc) is 2.84. The van der Waals surface area contributed by atoms with Crippen molar-refractivity contribution >= 4 is 0 Å². The summed E-state index contributed by atoms with van der Waals surface area (Å²) in [5.41, 5.74) is 5.57. The van der Waals surface area contributed by atoms with Gasteiger partial charge in [0.15, 0.2) is 11.6 Å². The minimum Gasteiger partial charge on any atom is -0.366 e. The smallest absolute Gasteiger partial charge is 0.153 e. The van der Waals surface area contributed by atoms with Crippen LogP contribution in [0.3, 0.4) is 0 Å². The summed E-state index contributed by atoms with van der Waals surface area (Å²) in [4.78, 5) is 4.49. The Balaban J connectivity index is 1.70. The number of ether oxygens (including phenoxy) is 1. The fraction of sp³-hybridized carbons (Fsp3) is 0.800. The molecule has 3 rings (SSSR count). The van der Waals surface area contributed by atoms with Crippen LogP contribution in [-0.4, -0.2) is 27.8 Å². The van der Waals surface area contributed by atoms with E-state index in [0.717, 1.165) is 24.5 Å². The largest absolute Gasteiger partial charge is 0.366 e. The van der Waals surface area contributed by atoms with Gasteiger partial charge in [-0.3, -0.25) is 5.10 Å². The lowest BCUT2D eigenvalue weighted by Gasteiger charge is -2.08. The van der Waals surface area contributed by atoms with Gasteiger partial charge in [0.1, 0.15) is 6.10 Å². The van der Waals surface area contributed by atoms with Crippen molar-refractivity contribution < 1.29 is 4.74 Å². The Hall–Kier alpha value is -0.940. The third-order valence-electron chi connectivity index (χ3n) is 3.14. The van der Waals surface area contributed by atoms with Crippen LogP contribution in [-0.2, 0) is 4.74 Å². The molecule has 2 fully saturated rings. The zero-order valence-corrected chi connectivity index (χ0v) is 8.65. The highest BCUT2D eigenvalue weighted by Gasteiger charge is 2.31. The monoisotopic (exact) mass is 208 g/mol. The number of nitrogens with zero attached hydrogens (tertiary/aromatic N) is 2. The zero-order chi connectivity index (χ0) is 10.3. The van der Waals surface area contributed by atoms with E-state index in [-0.39, 0.29) is 12.2 Å².